The molecule has 5 N–H and O–H groups in total. The zero-order valence-corrected chi connectivity index (χ0v) is 19.9. The van der Waals surface area contributed by atoms with Crippen molar-refractivity contribution in [2.45, 2.75) is 26.0 Å². The smallest absolute Gasteiger partial charge is 0.285 e. The maximum absolute atomic E-state index is 12.4. The first kappa shape index (κ1) is 26.0. The van der Waals surface area contributed by atoms with Gasteiger partial charge in [-0.15, -0.1) is 0 Å². The Balaban J connectivity index is 0.00000385. The quantitative estimate of drug-likeness (QED) is 0.390. The molecule has 3 aromatic rings. The Morgan fingerprint density at radius 1 is 1.09 bits per heavy atom. The Morgan fingerprint density at radius 3 is 2.39 bits per heavy atom. The van der Waals surface area contributed by atoms with E-state index in [1.807, 2.05) is 25.1 Å². The van der Waals surface area contributed by atoms with Gasteiger partial charge in [0.15, 0.2) is 17.5 Å². The highest BCUT2D eigenvalue weighted by Crippen LogP contribution is 2.40. The minimum atomic E-state index is -0.887. The molecule has 33 heavy (non-hydrogen) atoms. The zero-order chi connectivity index (χ0) is 23.4. The number of aliphatic hydroxyl groups excluding tert-OH is 1. The maximum Gasteiger partial charge on any atom is 0.285 e. The number of quaternary nitrogens is 1. The van der Waals surface area contributed by atoms with Crippen molar-refractivity contribution in [1.82, 2.24) is 5.16 Å². The van der Waals surface area contributed by atoms with E-state index in [-0.39, 0.29) is 12.4 Å². The maximum atomic E-state index is 12.4. The molecule has 1 heterocycles. The van der Waals surface area contributed by atoms with Crippen molar-refractivity contribution in [2.24, 2.45) is 0 Å². The summed E-state index contributed by atoms with van der Waals surface area (Å²) in [7, 11) is 4.68. The van der Waals surface area contributed by atoms with Crippen LogP contribution in [0.25, 0.3) is 22.4 Å². The van der Waals surface area contributed by atoms with Crippen LogP contribution in [-0.2, 0) is 4.79 Å². The molecular formula is C23H28ClN3O6. The Bertz CT molecular complexity index is 1120. The van der Waals surface area contributed by atoms with E-state index in [0.717, 1.165) is 22.3 Å². The van der Waals surface area contributed by atoms with Crippen LogP contribution in [0.4, 0.5) is 5.69 Å². The lowest BCUT2D eigenvalue weighted by atomic mass is 9.99. The van der Waals surface area contributed by atoms with Crippen LogP contribution in [0.3, 0.4) is 0 Å². The van der Waals surface area contributed by atoms with Gasteiger partial charge in [-0.2, -0.15) is 0 Å². The van der Waals surface area contributed by atoms with Crippen molar-refractivity contribution in [3.05, 3.63) is 42.2 Å². The van der Waals surface area contributed by atoms with Crippen molar-refractivity contribution in [3.63, 3.8) is 0 Å². The minimum Gasteiger partial charge on any atom is -1.00 e. The number of carbonyl (C=O) groups is 1. The van der Waals surface area contributed by atoms with Crippen LogP contribution >= 0.6 is 0 Å². The largest absolute Gasteiger partial charge is 1.00 e. The highest BCUT2D eigenvalue weighted by atomic mass is 35.5. The van der Waals surface area contributed by atoms with E-state index in [1.165, 1.54) is 20.3 Å². The number of aliphatic hydroxyl groups is 1. The lowest BCUT2D eigenvalue weighted by Crippen LogP contribution is -3.00. The minimum absolute atomic E-state index is 0. The van der Waals surface area contributed by atoms with Crippen LogP contribution in [0, 0.1) is 6.92 Å². The van der Waals surface area contributed by atoms with Crippen LogP contribution in [0.1, 0.15) is 12.5 Å². The normalized spacial score (nSPS) is 12.3. The van der Waals surface area contributed by atoms with Crippen molar-refractivity contribution in [1.29, 1.82) is 0 Å². The van der Waals surface area contributed by atoms with Crippen LogP contribution in [-0.4, -0.2) is 49.6 Å². The number of ether oxygens (including phenoxy) is 3. The second-order valence-corrected chi connectivity index (χ2v) is 7.36. The van der Waals surface area contributed by atoms with E-state index in [0.29, 0.717) is 28.6 Å². The number of aryl methyl sites for hydroxylation is 1. The number of carbonyl (C=O) groups excluding carboxylic acids is 1. The summed E-state index contributed by atoms with van der Waals surface area (Å²) in [6.07, 6.45) is 0.650. The molecule has 0 aliphatic heterocycles. The first-order valence-corrected chi connectivity index (χ1v) is 9.98. The Labute approximate surface area is 198 Å². The van der Waals surface area contributed by atoms with E-state index >= 15 is 0 Å². The monoisotopic (exact) mass is 477 g/mol. The number of methoxy groups -OCH3 is 3. The number of nitrogens with zero attached hydrogens (tertiary/aromatic N) is 1. The van der Waals surface area contributed by atoms with Crippen LogP contribution in [0.5, 0.6) is 17.2 Å². The first-order valence-electron chi connectivity index (χ1n) is 9.98. The molecule has 3 rings (SSSR count). The summed E-state index contributed by atoms with van der Waals surface area (Å²) in [6, 6.07) is 8.27. The third kappa shape index (κ3) is 5.39. The Hall–Kier alpha value is -3.27. The molecule has 0 aliphatic carbocycles. The zero-order valence-electron chi connectivity index (χ0n) is 19.1. The molecule has 9 nitrogen and oxygen atoms in total. The number of hydrogen-bond donors (Lipinski definition) is 3. The van der Waals surface area contributed by atoms with Crippen molar-refractivity contribution in [2.75, 3.05) is 26.6 Å². The highest BCUT2D eigenvalue weighted by molar-refractivity contribution is 5.96. The lowest BCUT2D eigenvalue weighted by Gasteiger charge is -2.15. The Kier molecular flexibility index (Phi) is 8.69. The van der Waals surface area contributed by atoms with E-state index < -0.39 is 18.1 Å². The summed E-state index contributed by atoms with van der Waals surface area (Å²) in [4.78, 5) is 12.4. The van der Waals surface area contributed by atoms with E-state index in [4.69, 9.17) is 18.7 Å². The standard InChI is InChI=1S/C23H27N3O6.ClH/c1-12-8-15(10-19(30-4)22(12)31-5)21-16(11-32-26-21)14-6-7-18(29-3)17(9-14)25-23(28)20(24)13(2)27;/h6-11,13,20,27H,24H2,1-5H3,(H,25,28);1H. The van der Waals surface area contributed by atoms with Crippen LogP contribution < -0.4 is 37.7 Å². The van der Waals surface area contributed by atoms with Gasteiger partial charge in [-0.1, -0.05) is 11.2 Å². The molecule has 1 aromatic heterocycles. The molecular weight excluding hydrogens is 450 g/mol. The second kappa shape index (κ2) is 11.0. The van der Waals surface area contributed by atoms with Gasteiger partial charge in [-0.05, 0) is 49.2 Å². The van der Waals surface area contributed by atoms with Gasteiger partial charge in [-0.3, -0.25) is 4.79 Å². The van der Waals surface area contributed by atoms with Gasteiger partial charge in [0.05, 0.1) is 27.0 Å². The fourth-order valence-corrected chi connectivity index (χ4v) is 3.36. The van der Waals surface area contributed by atoms with Crippen molar-refractivity contribution >= 4 is 11.6 Å². The number of amides is 1. The average Bonchev–Trinajstić information content (AvgIpc) is 3.27. The van der Waals surface area contributed by atoms with Gasteiger partial charge >= 0.3 is 0 Å². The molecule has 2 atom stereocenters. The van der Waals surface area contributed by atoms with Gasteiger partial charge in [-0.25, -0.2) is 0 Å². The molecule has 0 fully saturated rings. The molecule has 0 saturated heterocycles. The van der Waals surface area contributed by atoms with Crippen molar-refractivity contribution < 1.29 is 46.8 Å². The summed E-state index contributed by atoms with van der Waals surface area (Å²) in [5.41, 5.74) is 7.90. The third-order valence-electron chi connectivity index (χ3n) is 5.20. The molecule has 178 valence electrons. The van der Waals surface area contributed by atoms with E-state index in [1.54, 1.807) is 26.4 Å². The van der Waals surface area contributed by atoms with Gasteiger partial charge in [0, 0.05) is 11.1 Å². The molecule has 1 amide bonds. The van der Waals surface area contributed by atoms with Crippen LogP contribution in [0.15, 0.2) is 41.1 Å². The molecule has 0 saturated carbocycles. The summed E-state index contributed by atoms with van der Waals surface area (Å²) < 4.78 is 21.6. The van der Waals surface area contributed by atoms with Gasteiger partial charge in [0.1, 0.15) is 23.8 Å². The van der Waals surface area contributed by atoms with E-state index in [2.05, 4.69) is 16.2 Å². The number of aromatic nitrogens is 1. The topological polar surface area (TPSA) is 131 Å². The van der Waals surface area contributed by atoms with Crippen LogP contribution in [0.2, 0.25) is 0 Å². The molecule has 0 radical (unpaired) electrons. The fraction of sp³-hybridized carbons (Fsp3) is 0.304. The third-order valence-corrected chi connectivity index (χ3v) is 5.20. The number of anilines is 1. The van der Waals surface area contributed by atoms with Crippen molar-refractivity contribution in [3.8, 4) is 39.6 Å². The molecule has 0 aliphatic rings. The highest BCUT2D eigenvalue weighted by Gasteiger charge is 2.24. The Morgan fingerprint density at radius 2 is 1.79 bits per heavy atom. The summed E-state index contributed by atoms with van der Waals surface area (Å²) in [5.74, 6) is 1.28. The number of hydrogen-bond acceptors (Lipinski definition) is 7. The number of benzene rings is 2. The fourth-order valence-electron chi connectivity index (χ4n) is 3.36. The second-order valence-electron chi connectivity index (χ2n) is 7.36. The van der Waals surface area contributed by atoms with Gasteiger partial charge in [0.25, 0.3) is 5.91 Å². The SMILES string of the molecule is COc1ccc(-c2conc2-c2cc(C)c(OC)c(OC)c2)cc1NC(=O)C([NH3+])C(C)O.[Cl-]. The van der Waals surface area contributed by atoms with Gasteiger partial charge in [0.2, 0.25) is 0 Å². The molecule has 2 unspecified atom stereocenters. The number of nitrogens with one attached hydrogen (secondary N) is 1. The number of halogens is 1. The number of rotatable bonds is 8. The molecule has 2 aromatic carbocycles. The lowest BCUT2D eigenvalue weighted by molar-refractivity contribution is -0.418. The summed E-state index contributed by atoms with van der Waals surface area (Å²) in [5, 5.41) is 16.6. The predicted octanol–water partition coefficient (Wildman–Crippen LogP) is -0.723. The average molecular weight is 478 g/mol. The molecule has 0 spiro atoms. The predicted molar refractivity (Wildman–Crippen MR) is 119 cm³/mol. The molecule has 0 bridgehead atoms. The van der Waals surface area contributed by atoms with Gasteiger partial charge < -0.3 is 47.3 Å². The summed E-state index contributed by atoms with van der Waals surface area (Å²) in [6.45, 7) is 3.43. The van der Waals surface area contributed by atoms with E-state index in [9.17, 15) is 9.90 Å². The summed E-state index contributed by atoms with van der Waals surface area (Å²) >= 11 is 0. The molecule has 10 heteroatoms. The first-order chi connectivity index (χ1) is 15.3.